The molecule has 1 aromatic carbocycles. The number of fused-ring (bicyclic) bond motifs is 1. The minimum Gasteiger partial charge on any atom is -0.486 e. The minimum atomic E-state index is -0.169. The van der Waals surface area contributed by atoms with Gasteiger partial charge in [0.25, 0.3) is 0 Å². The maximum atomic E-state index is 6.14. The monoisotopic (exact) mass is 305 g/mol. The summed E-state index contributed by atoms with van der Waals surface area (Å²) in [5, 5.41) is 3.84. The van der Waals surface area contributed by atoms with Crippen LogP contribution in [-0.4, -0.2) is 23.1 Å². The first-order chi connectivity index (χ1) is 10.1. The van der Waals surface area contributed by atoms with Crippen molar-refractivity contribution in [2.45, 2.75) is 62.3 Å². The molecule has 1 aliphatic heterocycles. The minimum absolute atomic E-state index is 0.169. The van der Waals surface area contributed by atoms with Crippen LogP contribution in [0, 0.1) is 0 Å². The molecule has 0 amide bonds. The van der Waals surface area contributed by atoms with Gasteiger partial charge in [-0.1, -0.05) is 37.5 Å². The van der Waals surface area contributed by atoms with E-state index in [1.165, 1.54) is 37.7 Å². The van der Waals surface area contributed by atoms with E-state index in [2.05, 4.69) is 61.4 Å². The second-order valence-corrected chi connectivity index (χ2v) is 8.28. The zero-order valence-electron chi connectivity index (χ0n) is 13.4. The van der Waals surface area contributed by atoms with E-state index in [-0.39, 0.29) is 5.60 Å². The summed E-state index contributed by atoms with van der Waals surface area (Å²) >= 11 is 2.05. The highest BCUT2D eigenvalue weighted by molar-refractivity contribution is 8.00. The normalized spacial score (nSPS) is 26.1. The second kappa shape index (κ2) is 5.85. The van der Waals surface area contributed by atoms with Gasteiger partial charge < -0.3 is 10.1 Å². The van der Waals surface area contributed by atoms with Gasteiger partial charge in [0.15, 0.2) is 0 Å². The van der Waals surface area contributed by atoms with Gasteiger partial charge in [0.2, 0.25) is 0 Å². The zero-order valence-corrected chi connectivity index (χ0v) is 14.3. The first-order valence-electron chi connectivity index (χ1n) is 8.13. The van der Waals surface area contributed by atoms with Crippen LogP contribution in [0.2, 0.25) is 0 Å². The standard InChI is InChI=1S/C18H27NOS/c1-17(2)16(14-9-5-6-10-15(14)20-17)19-13-18(21-3)11-7-4-8-12-18/h5-6,9-10,16,19H,4,7-8,11-13H2,1-3H3. The van der Waals surface area contributed by atoms with Gasteiger partial charge in [0, 0.05) is 16.9 Å². The van der Waals surface area contributed by atoms with Crippen LogP contribution in [0.25, 0.3) is 0 Å². The van der Waals surface area contributed by atoms with Crippen molar-refractivity contribution in [2.24, 2.45) is 0 Å². The number of hydrogen-bond donors (Lipinski definition) is 1. The molecule has 1 atom stereocenters. The van der Waals surface area contributed by atoms with E-state index in [1.807, 2.05) is 0 Å². The smallest absolute Gasteiger partial charge is 0.125 e. The molecule has 0 aromatic heterocycles. The average molecular weight is 305 g/mol. The Bertz CT molecular complexity index is 494. The SMILES string of the molecule is CSC1(CNC2c3ccccc3OC2(C)C)CCCCC1. The van der Waals surface area contributed by atoms with Crippen molar-refractivity contribution in [3.63, 3.8) is 0 Å². The molecule has 1 unspecified atom stereocenters. The predicted molar refractivity (Wildman–Crippen MR) is 91.2 cm³/mol. The lowest BCUT2D eigenvalue weighted by Crippen LogP contribution is -2.46. The summed E-state index contributed by atoms with van der Waals surface area (Å²) in [5.74, 6) is 1.04. The molecule has 21 heavy (non-hydrogen) atoms. The number of ether oxygens (including phenoxy) is 1. The van der Waals surface area contributed by atoms with Gasteiger partial charge >= 0.3 is 0 Å². The Morgan fingerprint density at radius 1 is 1.19 bits per heavy atom. The Kier molecular flexibility index (Phi) is 4.24. The summed E-state index contributed by atoms with van der Waals surface area (Å²) in [6, 6.07) is 8.75. The van der Waals surface area contributed by atoms with Crippen molar-refractivity contribution >= 4 is 11.8 Å². The average Bonchev–Trinajstić information content (AvgIpc) is 2.75. The predicted octanol–water partition coefficient (Wildman–Crippen LogP) is 4.55. The Hall–Kier alpha value is -0.670. The fourth-order valence-corrected chi connectivity index (χ4v) is 4.75. The maximum Gasteiger partial charge on any atom is 0.125 e. The summed E-state index contributed by atoms with van der Waals surface area (Å²) in [5.41, 5.74) is 1.15. The third-order valence-corrected chi connectivity index (χ3v) is 6.54. The molecule has 1 saturated carbocycles. The van der Waals surface area contributed by atoms with Crippen LogP contribution < -0.4 is 10.1 Å². The summed E-state index contributed by atoms with van der Waals surface area (Å²) in [4.78, 5) is 0. The Morgan fingerprint density at radius 2 is 1.90 bits per heavy atom. The lowest BCUT2D eigenvalue weighted by Gasteiger charge is -2.38. The molecular formula is C18H27NOS. The number of thioether (sulfide) groups is 1. The van der Waals surface area contributed by atoms with Crippen LogP contribution in [0.15, 0.2) is 24.3 Å². The topological polar surface area (TPSA) is 21.3 Å². The molecule has 2 aliphatic rings. The van der Waals surface area contributed by atoms with Crippen LogP contribution in [0.3, 0.4) is 0 Å². The van der Waals surface area contributed by atoms with E-state index in [0.717, 1.165) is 12.3 Å². The summed E-state index contributed by atoms with van der Waals surface area (Å²) < 4.78 is 6.57. The van der Waals surface area contributed by atoms with Crippen LogP contribution in [-0.2, 0) is 0 Å². The third kappa shape index (κ3) is 2.95. The van der Waals surface area contributed by atoms with Crippen molar-refractivity contribution < 1.29 is 4.74 Å². The van der Waals surface area contributed by atoms with Gasteiger partial charge in [-0.05, 0) is 39.0 Å². The van der Waals surface area contributed by atoms with Crippen LogP contribution in [0.1, 0.15) is 57.6 Å². The number of rotatable bonds is 4. The van der Waals surface area contributed by atoms with Gasteiger partial charge in [0.05, 0.1) is 6.04 Å². The van der Waals surface area contributed by atoms with Crippen molar-refractivity contribution in [3.05, 3.63) is 29.8 Å². The van der Waals surface area contributed by atoms with Gasteiger partial charge in [-0.15, -0.1) is 0 Å². The third-order valence-electron chi connectivity index (χ3n) is 5.12. The molecule has 3 heteroatoms. The van der Waals surface area contributed by atoms with Gasteiger partial charge in [-0.25, -0.2) is 0 Å². The van der Waals surface area contributed by atoms with Crippen LogP contribution in [0.5, 0.6) is 5.75 Å². The largest absolute Gasteiger partial charge is 0.486 e. The molecule has 1 heterocycles. The quantitative estimate of drug-likeness (QED) is 0.881. The van der Waals surface area contributed by atoms with Gasteiger partial charge in [0.1, 0.15) is 11.4 Å². The highest BCUT2D eigenvalue weighted by atomic mass is 32.2. The molecule has 1 aliphatic carbocycles. The molecule has 0 saturated heterocycles. The number of para-hydroxylation sites is 1. The first-order valence-corrected chi connectivity index (χ1v) is 9.35. The highest BCUT2D eigenvalue weighted by Gasteiger charge is 2.42. The van der Waals surface area contributed by atoms with Crippen LogP contribution >= 0.6 is 11.8 Å². The molecule has 3 rings (SSSR count). The van der Waals surface area contributed by atoms with Gasteiger partial charge in [-0.2, -0.15) is 11.8 Å². The lowest BCUT2D eigenvalue weighted by molar-refractivity contribution is 0.0945. The number of nitrogens with one attached hydrogen (secondary N) is 1. The van der Waals surface area contributed by atoms with Crippen molar-refractivity contribution in [2.75, 3.05) is 12.8 Å². The van der Waals surface area contributed by atoms with E-state index >= 15 is 0 Å². The van der Waals surface area contributed by atoms with E-state index < -0.39 is 0 Å². The Balaban J connectivity index is 1.74. The van der Waals surface area contributed by atoms with Crippen molar-refractivity contribution in [1.82, 2.24) is 5.32 Å². The fraction of sp³-hybridized carbons (Fsp3) is 0.667. The van der Waals surface area contributed by atoms with Crippen molar-refractivity contribution in [1.29, 1.82) is 0 Å². The number of hydrogen-bond acceptors (Lipinski definition) is 3. The Labute approximate surface area is 133 Å². The molecule has 1 aromatic rings. The molecule has 1 N–H and O–H groups in total. The second-order valence-electron chi connectivity index (χ2n) is 7.01. The summed E-state index contributed by atoms with van der Waals surface area (Å²) in [6.45, 7) is 5.47. The van der Waals surface area contributed by atoms with E-state index in [9.17, 15) is 0 Å². The van der Waals surface area contributed by atoms with Gasteiger partial charge in [-0.3, -0.25) is 0 Å². The van der Waals surface area contributed by atoms with E-state index in [4.69, 9.17) is 4.74 Å². The van der Waals surface area contributed by atoms with E-state index in [1.54, 1.807) is 0 Å². The van der Waals surface area contributed by atoms with Crippen molar-refractivity contribution in [3.8, 4) is 5.75 Å². The Morgan fingerprint density at radius 3 is 2.62 bits per heavy atom. The maximum absolute atomic E-state index is 6.14. The highest BCUT2D eigenvalue weighted by Crippen LogP contribution is 2.44. The molecule has 0 spiro atoms. The molecule has 1 fully saturated rings. The lowest BCUT2D eigenvalue weighted by atomic mass is 9.87. The molecular weight excluding hydrogens is 278 g/mol. The van der Waals surface area contributed by atoms with E-state index in [0.29, 0.717) is 10.8 Å². The summed E-state index contributed by atoms with van der Waals surface area (Å²) in [7, 11) is 0. The molecule has 0 bridgehead atoms. The van der Waals surface area contributed by atoms with Crippen LogP contribution in [0.4, 0.5) is 0 Å². The summed E-state index contributed by atoms with van der Waals surface area (Å²) in [6.07, 6.45) is 9.13. The zero-order chi connectivity index (χ0) is 14.9. The first kappa shape index (κ1) is 15.2. The molecule has 0 radical (unpaired) electrons. The molecule has 116 valence electrons. The molecule has 2 nitrogen and oxygen atoms in total. The fourth-order valence-electron chi connectivity index (χ4n) is 3.82. The number of benzene rings is 1.